The Bertz CT molecular complexity index is 893. The van der Waals surface area contributed by atoms with Crippen molar-refractivity contribution < 1.29 is 0 Å². The first-order chi connectivity index (χ1) is 11.1. The van der Waals surface area contributed by atoms with Crippen LogP contribution in [0, 0.1) is 0 Å². The van der Waals surface area contributed by atoms with Crippen LogP contribution >= 0.6 is 27.7 Å². The molecular formula is C18H17BrN2OS. The number of aromatic nitrogens is 2. The van der Waals surface area contributed by atoms with Crippen molar-refractivity contribution in [3.63, 3.8) is 0 Å². The maximum Gasteiger partial charge on any atom is 0.262 e. The van der Waals surface area contributed by atoms with Crippen LogP contribution in [0.1, 0.15) is 25.5 Å². The maximum atomic E-state index is 13.1. The molecule has 2 aromatic carbocycles. The van der Waals surface area contributed by atoms with Gasteiger partial charge >= 0.3 is 0 Å². The largest absolute Gasteiger partial charge is 0.280 e. The Morgan fingerprint density at radius 3 is 2.65 bits per heavy atom. The highest BCUT2D eigenvalue weighted by Crippen LogP contribution is 2.25. The fourth-order valence-corrected chi connectivity index (χ4v) is 3.77. The van der Waals surface area contributed by atoms with Gasteiger partial charge in [-0.3, -0.25) is 9.36 Å². The van der Waals surface area contributed by atoms with Gasteiger partial charge in [0.15, 0.2) is 5.16 Å². The Kier molecular flexibility index (Phi) is 4.87. The summed E-state index contributed by atoms with van der Waals surface area (Å²) in [5, 5.41) is 1.41. The van der Waals surface area contributed by atoms with Crippen LogP contribution in [0.2, 0.25) is 0 Å². The molecule has 1 heterocycles. The van der Waals surface area contributed by atoms with Gasteiger partial charge in [0.2, 0.25) is 0 Å². The Hall–Kier alpha value is -1.59. The van der Waals surface area contributed by atoms with E-state index in [9.17, 15) is 4.79 Å². The number of hydrogen-bond donors (Lipinski definition) is 0. The number of benzene rings is 2. The lowest BCUT2D eigenvalue weighted by atomic mass is 10.1. The third kappa shape index (κ3) is 3.21. The molecular weight excluding hydrogens is 372 g/mol. The summed E-state index contributed by atoms with van der Waals surface area (Å²) in [6.45, 7) is 4.11. The lowest BCUT2D eigenvalue weighted by Crippen LogP contribution is -2.27. The predicted molar refractivity (Wildman–Crippen MR) is 100 cm³/mol. The lowest BCUT2D eigenvalue weighted by Gasteiger charge is -2.19. The molecule has 23 heavy (non-hydrogen) atoms. The molecule has 3 rings (SSSR count). The van der Waals surface area contributed by atoms with Crippen molar-refractivity contribution in [2.24, 2.45) is 0 Å². The van der Waals surface area contributed by atoms with Crippen LogP contribution in [-0.2, 0) is 0 Å². The van der Waals surface area contributed by atoms with E-state index in [-0.39, 0.29) is 11.6 Å². The molecule has 0 saturated heterocycles. The number of hydrogen-bond acceptors (Lipinski definition) is 3. The molecule has 3 aromatic rings. The van der Waals surface area contributed by atoms with Gasteiger partial charge in [-0.25, -0.2) is 4.98 Å². The molecule has 0 saturated carbocycles. The zero-order valence-corrected chi connectivity index (χ0v) is 15.4. The fourth-order valence-electron chi connectivity index (χ4n) is 2.60. The molecule has 5 heteroatoms. The van der Waals surface area contributed by atoms with Crippen LogP contribution in [0.15, 0.2) is 63.0 Å². The van der Waals surface area contributed by atoms with Crippen LogP contribution in [0.5, 0.6) is 0 Å². The molecule has 3 nitrogen and oxygen atoms in total. The van der Waals surface area contributed by atoms with E-state index in [2.05, 4.69) is 22.9 Å². The summed E-state index contributed by atoms with van der Waals surface area (Å²) in [7, 11) is 0. The number of rotatable bonds is 4. The molecule has 1 atom stereocenters. The number of thioether (sulfide) groups is 1. The molecule has 0 amide bonds. The SMILES string of the molecule is CCSc1nc2ccc(Br)cc2c(=O)n1C(C)c1ccccc1. The summed E-state index contributed by atoms with van der Waals surface area (Å²) < 4.78 is 2.69. The molecule has 0 aliphatic rings. The third-order valence-electron chi connectivity index (χ3n) is 3.77. The van der Waals surface area contributed by atoms with Gasteiger partial charge in [-0.2, -0.15) is 0 Å². The van der Waals surface area contributed by atoms with Gasteiger partial charge in [0.25, 0.3) is 5.56 Å². The Morgan fingerprint density at radius 2 is 1.96 bits per heavy atom. The summed E-state index contributed by atoms with van der Waals surface area (Å²) in [4.78, 5) is 17.8. The average Bonchev–Trinajstić information content (AvgIpc) is 2.56. The highest BCUT2D eigenvalue weighted by atomic mass is 79.9. The lowest BCUT2D eigenvalue weighted by molar-refractivity contribution is 0.549. The Balaban J connectivity index is 2.26. The van der Waals surface area contributed by atoms with Gasteiger partial charge in [-0.15, -0.1) is 0 Å². The molecule has 0 radical (unpaired) electrons. The first-order valence-electron chi connectivity index (χ1n) is 7.51. The highest BCUT2D eigenvalue weighted by molar-refractivity contribution is 9.10. The summed E-state index contributed by atoms with van der Waals surface area (Å²) in [5.74, 6) is 0.871. The first-order valence-corrected chi connectivity index (χ1v) is 9.29. The minimum atomic E-state index is -0.0615. The van der Waals surface area contributed by atoms with Crippen LogP contribution in [0.25, 0.3) is 10.9 Å². The van der Waals surface area contributed by atoms with E-state index in [1.807, 2.05) is 55.5 Å². The van der Waals surface area contributed by atoms with E-state index in [1.54, 1.807) is 16.3 Å². The molecule has 118 valence electrons. The van der Waals surface area contributed by atoms with Gasteiger partial charge in [0.05, 0.1) is 16.9 Å². The molecule has 0 N–H and O–H groups in total. The minimum Gasteiger partial charge on any atom is -0.280 e. The van der Waals surface area contributed by atoms with Crippen LogP contribution < -0.4 is 5.56 Å². The van der Waals surface area contributed by atoms with Gasteiger partial charge in [0, 0.05) is 4.47 Å². The van der Waals surface area contributed by atoms with Crippen molar-refractivity contribution >= 4 is 38.6 Å². The van der Waals surface area contributed by atoms with Crippen molar-refractivity contribution in [3.8, 4) is 0 Å². The monoisotopic (exact) mass is 388 g/mol. The summed E-state index contributed by atoms with van der Waals surface area (Å²) in [6.07, 6.45) is 0. The molecule has 0 bridgehead atoms. The number of fused-ring (bicyclic) bond motifs is 1. The van der Waals surface area contributed by atoms with Gasteiger partial charge < -0.3 is 0 Å². The average molecular weight is 389 g/mol. The highest BCUT2D eigenvalue weighted by Gasteiger charge is 2.17. The quantitative estimate of drug-likeness (QED) is 0.471. The van der Waals surface area contributed by atoms with Gasteiger partial charge in [0.1, 0.15) is 0 Å². The molecule has 1 aromatic heterocycles. The van der Waals surface area contributed by atoms with Gasteiger partial charge in [-0.05, 0) is 36.4 Å². The molecule has 0 aliphatic carbocycles. The molecule has 1 unspecified atom stereocenters. The predicted octanol–water partition coefficient (Wildman–Crippen LogP) is 4.88. The Labute approximate surface area is 147 Å². The van der Waals surface area contributed by atoms with Crippen molar-refractivity contribution in [3.05, 3.63) is 68.9 Å². The fraction of sp³-hybridized carbons (Fsp3) is 0.222. The zero-order valence-electron chi connectivity index (χ0n) is 13.0. The van der Waals surface area contributed by atoms with E-state index >= 15 is 0 Å². The number of nitrogens with zero attached hydrogens (tertiary/aromatic N) is 2. The molecule has 0 fully saturated rings. The topological polar surface area (TPSA) is 34.9 Å². The second-order valence-corrected chi connectivity index (χ2v) is 7.40. The van der Waals surface area contributed by atoms with E-state index in [0.29, 0.717) is 5.39 Å². The van der Waals surface area contributed by atoms with Crippen molar-refractivity contribution in [2.45, 2.75) is 25.0 Å². The molecule has 0 aliphatic heterocycles. The van der Waals surface area contributed by atoms with Crippen LogP contribution in [0.4, 0.5) is 0 Å². The third-order valence-corrected chi connectivity index (χ3v) is 5.10. The van der Waals surface area contributed by atoms with E-state index < -0.39 is 0 Å². The van der Waals surface area contributed by atoms with Crippen molar-refractivity contribution in [2.75, 3.05) is 5.75 Å². The van der Waals surface area contributed by atoms with E-state index in [0.717, 1.165) is 26.5 Å². The van der Waals surface area contributed by atoms with Crippen LogP contribution in [-0.4, -0.2) is 15.3 Å². The van der Waals surface area contributed by atoms with Crippen LogP contribution in [0.3, 0.4) is 0 Å². The summed E-state index contributed by atoms with van der Waals surface area (Å²) in [6, 6.07) is 15.6. The van der Waals surface area contributed by atoms with Crippen molar-refractivity contribution in [1.82, 2.24) is 9.55 Å². The second kappa shape index (κ2) is 6.89. The van der Waals surface area contributed by atoms with E-state index in [1.165, 1.54) is 0 Å². The maximum absolute atomic E-state index is 13.1. The first kappa shape index (κ1) is 16.3. The van der Waals surface area contributed by atoms with Crippen molar-refractivity contribution in [1.29, 1.82) is 0 Å². The summed E-state index contributed by atoms with van der Waals surface area (Å²) in [5.41, 5.74) is 1.85. The smallest absolute Gasteiger partial charge is 0.262 e. The van der Waals surface area contributed by atoms with Gasteiger partial charge in [-0.1, -0.05) is 64.9 Å². The minimum absolute atomic E-state index is 0.00334. The standard InChI is InChI=1S/C18H17BrN2OS/c1-3-23-18-20-16-10-9-14(19)11-15(16)17(22)21(18)12(2)13-7-5-4-6-8-13/h4-12H,3H2,1-2H3. The molecule has 0 spiro atoms. The zero-order chi connectivity index (χ0) is 16.4. The number of halogens is 1. The normalized spacial score (nSPS) is 12.5. The summed E-state index contributed by atoms with van der Waals surface area (Å²) >= 11 is 5.04. The Morgan fingerprint density at radius 1 is 1.22 bits per heavy atom. The second-order valence-electron chi connectivity index (χ2n) is 5.25. The van der Waals surface area contributed by atoms with E-state index in [4.69, 9.17) is 4.98 Å².